The number of rotatable bonds is 0. The van der Waals surface area contributed by atoms with Gasteiger partial charge in [-0.3, -0.25) is 0 Å². The third-order valence-electron chi connectivity index (χ3n) is 6.14. The average Bonchev–Trinajstić information content (AvgIpc) is 3.03. The third kappa shape index (κ3) is 0.994. The van der Waals surface area contributed by atoms with E-state index in [9.17, 15) is 9.59 Å². The molecule has 2 unspecified atom stereocenters. The van der Waals surface area contributed by atoms with Crippen LogP contribution in [0.2, 0.25) is 0 Å². The zero-order valence-corrected chi connectivity index (χ0v) is 11.9. The molecule has 0 aromatic carbocycles. The van der Waals surface area contributed by atoms with Crippen molar-refractivity contribution in [2.24, 2.45) is 17.9 Å². The molecule has 0 amide bonds. The minimum absolute atomic E-state index is 0.00704. The lowest BCUT2D eigenvalue weighted by atomic mass is 9.51. The molecule has 3 aliphatic heterocycles. The molecule has 2 bridgehead atoms. The van der Waals surface area contributed by atoms with Crippen molar-refractivity contribution in [2.45, 2.75) is 24.9 Å². The van der Waals surface area contributed by atoms with E-state index in [-0.39, 0.29) is 34.3 Å². The van der Waals surface area contributed by atoms with E-state index >= 15 is 0 Å². The first-order valence-electron chi connectivity index (χ1n) is 7.47. The van der Waals surface area contributed by atoms with Crippen LogP contribution in [-0.4, -0.2) is 27.1 Å². The largest absolute Gasteiger partial charge is 0.379 e. The highest BCUT2D eigenvalue weighted by Gasteiger charge is 2.68. The van der Waals surface area contributed by atoms with Crippen molar-refractivity contribution in [1.29, 1.82) is 0 Å². The van der Waals surface area contributed by atoms with E-state index in [1.165, 1.54) is 4.57 Å². The molecule has 21 heavy (non-hydrogen) atoms. The van der Waals surface area contributed by atoms with Gasteiger partial charge >= 0.3 is 11.4 Å². The number of ether oxygens (including phenoxy) is 1. The predicted molar refractivity (Wildman–Crippen MR) is 75.2 cm³/mol. The monoisotopic (exact) mass is 287 g/mol. The van der Waals surface area contributed by atoms with Gasteiger partial charge in [-0.2, -0.15) is 0 Å². The van der Waals surface area contributed by atoms with Crippen molar-refractivity contribution in [3.63, 3.8) is 0 Å². The molecular weight excluding hydrogens is 270 g/mol. The minimum atomic E-state index is -0.201. The Labute approximate surface area is 120 Å². The number of fused-ring (bicyclic) bond motifs is 1. The van der Waals surface area contributed by atoms with Crippen LogP contribution >= 0.6 is 0 Å². The molecule has 1 aromatic rings. The van der Waals surface area contributed by atoms with E-state index in [0.717, 1.165) is 12.8 Å². The lowest BCUT2D eigenvalue weighted by Gasteiger charge is -2.59. The summed E-state index contributed by atoms with van der Waals surface area (Å²) in [5, 5.41) is 0. The van der Waals surface area contributed by atoms with Gasteiger partial charge in [0.25, 0.3) is 0 Å². The van der Waals surface area contributed by atoms with E-state index in [0.29, 0.717) is 13.2 Å². The Kier molecular flexibility index (Phi) is 1.87. The Morgan fingerprint density at radius 2 is 1.48 bits per heavy atom. The SMILES string of the molecule is Cn1c(=O)n2n(c1=O)[C@@H]1CCC2C23C=CC=C[C@]12COC3. The minimum Gasteiger partial charge on any atom is -0.379 e. The Morgan fingerprint density at radius 3 is 1.95 bits per heavy atom. The van der Waals surface area contributed by atoms with E-state index < -0.39 is 0 Å². The number of hydrogen-bond donors (Lipinski definition) is 0. The van der Waals surface area contributed by atoms with Crippen LogP contribution in [0.15, 0.2) is 33.9 Å². The molecule has 6 nitrogen and oxygen atoms in total. The average molecular weight is 287 g/mol. The van der Waals surface area contributed by atoms with Crippen LogP contribution in [-0.2, 0) is 11.8 Å². The van der Waals surface area contributed by atoms with Crippen LogP contribution in [0.5, 0.6) is 0 Å². The van der Waals surface area contributed by atoms with Crippen molar-refractivity contribution in [2.75, 3.05) is 13.2 Å². The fourth-order valence-electron chi connectivity index (χ4n) is 5.21. The zero-order valence-electron chi connectivity index (χ0n) is 11.9. The lowest BCUT2D eigenvalue weighted by molar-refractivity contribution is -0.0588. The number of hydrogen-bond acceptors (Lipinski definition) is 3. The highest BCUT2D eigenvalue weighted by atomic mass is 16.5. The smallest absolute Gasteiger partial charge is 0.347 e. The van der Waals surface area contributed by atoms with Gasteiger partial charge in [0.2, 0.25) is 0 Å². The molecule has 4 heterocycles. The van der Waals surface area contributed by atoms with E-state index in [2.05, 4.69) is 24.3 Å². The van der Waals surface area contributed by atoms with E-state index in [4.69, 9.17) is 4.74 Å². The first-order valence-corrected chi connectivity index (χ1v) is 7.47. The van der Waals surface area contributed by atoms with Crippen molar-refractivity contribution in [3.05, 3.63) is 45.3 Å². The number of nitrogens with zero attached hydrogens (tertiary/aromatic N) is 3. The second-order valence-corrected chi connectivity index (χ2v) is 6.71. The molecule has 1 saturated heterocycles. The van der Waals surface area contributed by atoms with Gasteiger partial charge in [-0.1, -0.05) is 24.3 Å². The maximum Gasteiger partial charge on any atom is 0.347 e. The van der Waals surface area contributed by atoms with Crippen LogP contribution in [0.4, 0.5) is 0 Å². The summed E-state index contributed by atoms with van der Waals surface area (Å²) in [6.07, 6.45) is 10.4. The van der Waals surface area contributed by atoms with Gasteiger partial charge in [0.1, 0.15) is 0 Å². The van der Waals surface area contributed by atoms with Gasteiger partial charge in [0.05, 0.1) is 25.3 Å². The molecule has 2 aliphatic carbocycles. The third-order valence-corrected chi connectivity index (χ3v) is 6.14. The van der Waals surface area contributed by atoms with Crippen molar-refractivity contribution in [3.8, 4) is 0 Å². The molecule has 6 rings (SSSR count). The van der Waals surface area contributed by atoms with Crippen LogP contribution in [0.25, 0.3) is 0 Å². The fourth-order valence-corrected chi connectivity index (χ4v) is 5.21. The van der Waals surface area contributed by atoms with Gasteiger partial charge in [-0.15, -0.1) is 0 Å². The Balaban J connectivity index is 1.93. The molecule has 2 fully saturated rings. The van der Waals surface area contributed by atoms with Crippen LogP contribution in [0.3, 0.4) is 0 Å². The van der Waals surface area contributed by atoms with Crippen molar-refractivity contribution in [1.82, 2.24) is 13.9 Å². The van der Waals surface area contributed by atoms with Gasteiger partial charge in [-0.05, 0) is 12.8 Å². The van der Waals surface area contributed by atoms with E-state index in [1.54, 1.807) is 16.4 Å². The maximum atomic E-state index is 12.5. The fraction of sp³-hybridized carbons (Fsp3) is 0.600. The highest BCUT2D eigenvalue weighted by Crippen LogP contribution is 2.67. The van der Waals surface area contributed by atoms with Gasteiger partial charge < -0.3 is 4.74 Å². The Morgan fingerprint density at radius 1 is 1.00 bits per heavy atom. The Bertz CT molecular complexity index is 761. The standard InChI is InChI=1S/C15H17N3O3/c1-16-12(19)17-10-4-5-11(18(17)13(16)20)15-7-3-2-6-14(10,15)8-21-9-15/h2-3,6-7,10-11H,4-5,8-9H2,1H3/t10-,11?,14+,15?/m1/s1. The summed E-state index contributed by atoms with van der Waals surface area (Å²) in [6, 6.07) is 0.0141. The molecule has 110 valence electrons. The molecular formula is C15H17N3O3. The second-order valence-electron chi connectivity index (χ2n) is 6.71. The quantitative estimate of drug-likeness (QED) is 0.692. The van der Waals surface area contributed by atoms with Gasteiger partial charge in [-0.25, -0.2) is 23.5 Å². The van der Waals surface area contributed by atoms with E-state index in [1.807, 2.05) is 0 Å². The Hall–Kier alpha value is -1.82. The summed E-state index contributed by atoms with van der Waals surface area (Å²) in [5.74, 6) is 0. The van der Waals surface area contributed by atoms with Crippen LogP contribution in [0.1, 0.15) is 24.9 Å². The maximum absolute atomic E-state index is 12.5. The molecule has 0 radical (unpaired) electrons. The summed E-state index contributed by atoms with van der Waals surface area (Å²) in [5.41, 5.74) is -0.759. The van der Waals surface area contributed by atoms with Crippen molar-refractivity contribution >= 4 is 0 Å². The summed E-state index contributed by atoms with van der Waals surface area (Å²) < 4.78 is 10.5. The number of aromatic nitrogens is 3. The number of allylic oxidation sites excluding steroid dienone is 2. The molecule has 0 spiro atoms. The molecule has 5 aliphatic rings. The first-order chi connectivity index (χ1) is 10.1. The highest BCUT2D eigenvalue weighted by molar-refractivity contribution is 5.34. The van der Waals surface area contributed by atoms with Crippen LogP contribution in [0, 0.1) is 10.8 Å². The van der Waals surface area contributed by atoms with Crippen LogP contribution < -0.4 is 11.4 Å². The zero-order chi connectivity index (χ0) is 14.4. The molecule has 4 atom stereocenters. The summed E-state index contributed by atoms with van der Waals surface area (Å²) in [4.78, 5) is 25.0. The molecule has 6 heteroatoms. The first kappa shape index (κ1) is 11.8. The molecule has 1 aromatic heterocycles. The summed E-state index contributed by atoms with van der Waals surface area (Å²) >= 11 is 0. The topological polar surface area (TPSA) is 58.2 Å². The summed E-state index contributed by atoms with van der Waals surface area (Å²) in [7, 11) is 1.57. The lowest BCUT2D eigenvalue weighted by Crippen LogP contribution is -2.62. The second kappa shape index (κ2) is 3.32. The normalized spacial score (nSPS) is 42.0. The van der Waals surface area contributed by atoms with Gasteiger partial charge in [0, 0.05) is 17.9 Å². The summed E-state index contributed by atoms with van der Waals surface area (Å²) in [6.45, 7) is 1.26. The molecule has 0 N–H and O–H groups in total. The predicted octanol–water partition coefficient (Wildman–Crippen LogP) is 0.367. The molecule has 1 saturated carbocycles. The van der Waals surface area contributed by atoms with Crippen molar-refractivity contribution < 1.29 is 4.74 Å². The van der Waals surface area contributed by atoms with Gasteiger partial charge in [0.15, 0.2) is 0 Å².